The van der Waals surface area contributed by atoms with Crippen LogP contribution in [0.3, 0.4) is 0 Å². The highest BCUT2D eigenvalue weighted by Crippen LogP contribution is 1.97. The Kier molecular flexibility index (Phi) is 2.48. The molecule has 0 aliphatic rings. The van der Waals surface area contributed by atoms with Crippen LogP contribution < -0.4 is 0 Å². The fraction of sp³-hybridized carbons (Fsp3) is 0.600. The maximum atomic E-state index is 8.05. The minimum atomic E-state index is 0.885. The van der Waals surface area contributed by atoms with Crippen LogP contribution in [-0.2, 0) is 0 Å². The Labute approximate surface area is 38.6 Å². The molecule has 0 aliphatic carbocycles. The van der Waals surface area contributed by atoms with Crippen LogP contribution in [-0.4, -0.2) is 0 Å². The van der Waals surface area contributed by atoms with Gasteiger partial charge in [-0.25, -0.2) is 0 Å². The molecule has 0 N–H and O–H groups in total. The maximum absolute atomic E-state index is 8.05. The number of rotatable bonds is 1. The lowest BCUT2D eigenvalue weighted by molar-refractivity contribution is 0.993. The summed E-state index contributed by atoms with van der Waals surface area (Å²) in [7, 11) is 0. The predicted octanol–water partition coefficient (Wildman–Crippen LogP) is 1.51. The topological polar surface area (TPSA) is 23.8 Å². The average molecular weight is 82.1 g/mol. The summed E-state index contributed by atoms with van der Waals surface area (Å²) in [5.41, 5.74) is 0. The van der Waals surface area contributed by atoms with Gasteiger partial charge >= 0.3 is 0 Å². The van der Waals surface area contributed by atoms with Crippen LogP contribution in [0.4, 0.5) is 0 Å². The molecule has 0 unspecified atom stereocenters. The fourth-order valence-electron chi connectivity index (χ4n) is 0.0791. The number of nitrogens with zero attached hydrogens (tertiary/aromatic N) is 1. The second-order valence-electron chi connectivity index (χ2n) is 1.25. The zero-order valence-corrected chi connectivity index (χ0v) is 4.15. The molecule has 0 aromatic heterocycles. The predicted molar refractivity (Wildman–Crippen MR) is 24.8 cm³/mol. The first-order chi connectivity index (χ1) is 2.81. The van der Waals surface area contributed by atoms with Crippen molar-refractivity contribution >= 4 is 0 Å². The van der Waals surface area contributed by atoms with Crippen LogP contribution in [0, 0.1) is 17.2 Å². The van der Waals surface area contributed by atoms with E-state index in [1.165, 1.54) is 0 Å². The Balaban J connectivity index is 3.04. The zero-order chi connectivity index (χ0) is 4.99. The molecule has 0 heterocycles. The average Bonchev–Trinajstić information content (AvgIpc) is 1.65. The lowest BCUT2D eigenvalue weighted by Crippen LogP contribution is -1.78. The zero-order valence-electron chi connectivity index (χ0n) is 4.15. The van der Waals surface area contributed by atoms with Gasteiger partial charge in [-0.05, 0) is 13.3 Å². The van der Waals surface area contributed by atoms with Gasteiger partial charge in [0, 0.05) is 0 Å². The van der Waals surface area contributed by atoms with E-state index in [-0.39, 0.29) is 0 Å². The van der Waals surface area contributed by atoms with Crippen LogP contribution in [0.5, 0.6) is 0 Å². The largest absolute Gasteiger partial charge is 0.198 e. The standard InChI is InChI=1S/C5H8N/c1-3-5(2)4-6/h3H2,1-2H3. The van der Waals surface area contributed by atoms with Crippen molar-refractivity contribution in [1.82, 2.24) is 0 Å². The molecule has 0 saturated heterocycles. The molecule has 0 aromatic carbocycles. The van der Waals surface area contributed by atoms with Crippen molar-refractivity contribution < 1.29 is 0 Å². The molecule has 0 aromatic rings. The van der Waals surface area contributed by atoms with E-state index in [1.807, 2.05) is 19.9 Å². The molecule has 1 heteroatoms. The highest BCUT2D eigenvalue weighted by Gasteiger charge is 1.90. The number of hydrogen-bond donors (Lipinski definition) is 0. The summed E-state index contributed by atoms with van der Waals surface area (Å²) in [6.07, 6.45) is 0.885. The highest BCUT2D eigenvalue weighted by molar-refractivity contribution is 5.05. The van der Waals surface area contributed by atoms with Gasteiger partial charge in [0.1, 0.15) is 0 Å². The molecule has 33 valence electrons. The molecule has 0 aliphatic heterocycles. The van der Waals surface area contributed by atoms with E-state index in [2.05, 4.69) is 0 Å². The molecular formula is C5H8N. The molecular weight excluding hydrogens is 74.1 g/mol. The van der Waals surface area contributed by atoms with Crippen molar-refractivity contribution in [2.24, 2.45) is 0 Å². The second-order valence-corrected chi connectivity index (χ2v) is 1.25. The van der Waals surface area contributed by atoms with Crippen molar-refractivity contribution in [3.8, 4) is 6.07 Å². The monoisotopic (exact) mass is 82.1 g/mol. The van der Waals surface area contributed by atoms with Gasteiger partial charge < -0.3 is 0 Å². The summed E-state index contributed by atoms with van der Waals surface area (Å²) < 4.78 is 0. The Morgan fingerprint density at radius 3 is 2.33 bits per heavy atom. The van der Waals surface area contributed by atoms with Crippen molar-refractivity contribution in [1.29, 1.82) is 5.26 Å². The van der Waals surface area contributed by atoms with Crippen molar-refractivity contribution in [3.63, 3.8) is 0 Å². The summed E-state index contributed by atoms with van der Waals surface area (Å²) in [5.74, 6) is 0.898. The van der Waals surface area contributed by atoms with Gasteiger partial charge in [0.2, 0.25) is 0 Å². The van der Waals surface area contributed by atoms with E-state index in [0.29, 0.717) is 0 Å². The Morgan fingerprint density at radius 1 is 1.83 bits per heavy atom. The van der Waals surface area contributed by atoms with Gasteiger partial charge in [0.05, 0.1) is 12.0 Å². The first-order valence-corrected chi connectivity index (χ1v) is 2.03. The first kappa shape index (κ1) is 5.49. The third-order valence-corrected chi connectivity index (χ3v) is 0.721. The minimum Gasteiger partial charge on any atom is -0.198 e. The summed E-state index contributed by atoms with van der Waals surface area (Å²) in [5, 5.41) is 8.05. The van der Waals surface area contributed by atoms with Crippen LogP contribution in [0.1, 0.15) is 20.3 Å². The molecule has 0 spiro atoms. The lowest BCUT2D eigenvalue weighted by Gasteiger charge is -1.85. The van der Waals surface area contributed by atoms with Crippen molar-refractivity contribution in [2.75, 3.05) is 0 Å². The van der Waals surface area contributed by atoms with E-state index in [4.69, 9.17) is 5.26 Å². The molecule has 0 saturated carbocycles. The summed E-state index contributed by atoms with van der Waals surface area (Å²) >= 11 is 0. The lowest BCUT2D eigenvalue weighted by atomic mass is 10.2. The first-order valence-electron chi connectivity index (χ1n) is 2.03. The van der Waals surface area contributed by atoms with Gasteiger partial charge in [0.25, 0.3) is 0 Å². The minimum absolute atomic E-state index is 0.885. The van der Waals surface area contributed by atoms with E-state index in [0.717, 1.165) is 12.3 Å². The van der Waals surface area contributed by atoms with Gasteiger partial charge in [-0.3, -0.25) is 0 Å². The van der Waals surface area contributed by atoms with Gasteiger partial charge in [-0.2, -0.15) is 5.26 Å². The smallest absolute Gasteiger partial charge is 0.0726 e. The molecule has 1 radical (unpaired) electrons. The summed E-state index contributed by atoms with van der Waals surface area (Å²) in [4.78, 5) is 0. The molecule has 0 amide bonds. The van der Waals surface area contributed by atoms with Crippen LogP contribution >= 0.6 is 0 Å². The molecule has 0 fully saturated rings. The quantitative estimate of drug-likeness (QED) is 0.470. The van der Waals surface area contributed by atoms with E-state index in [9.17, 15) is 0 Å². The SMILES string of the molecule is CC[C](C)C#N. The number of nitriles is 1. The number of hydrogen-bond acceptors (Lipinski definition) is 1. The summed E-state index contributed by atoms with van der Waals surface area (Å²) in [6.45, 7) is 3.80. The highest BCUT2D eigenvalue weighted by atomic mass is 14.2. The normalized spacial score (nSPS) is 8.33. The van der Waals surface area contributed by atoms with Gasteiger partial charge in [-0.1, -0.05) is 6.92 Å². The van der Waals surface area contributed by atoms with Gasteiger partial charge in [-0.15, -0.1) is 0 Å². The van der Waals surface area contributed by atoms with Crippen LogP contribution in [0.15, 0.2) is 0 Å². The van der Waals surface area contributed by atoms with Crippen LogP contribution in [0.2, 0.25) is 0 Å². The van der Waals surface area contributed by atoms with E-state index in [1.54, 1.807) is 0 Å². The Bertz CT molecular complexity index is 60.8. The van der Waals surface area contributed by atoms with Crippen molar-refractivity contribution in [2.45, 2.75) is 20.3 Å². The van der Waals surface area contributed by atoms with Crippen molar-refractivity contribution in [3.05, 3.63) is 5.92 Å². The maximum Gasteiger partial charge on any atom is 0.0726 e. The molecule has 1 nitrogen and oxygen atoms in total. The Morgan fingerprint density at radius 2 is 2.33 bits per heavy atom. The Hall–Kier alpha value is -0.510. The van der Waals surface area contributed by atoms with E-state index < -0.39 is 0 Å². The van der Waals surface area contributed by atoms with E-state index >= 15 is 0 Å². The fourth-order valence-corrected chi connectivity index (χ4v) is 0.0791. The summed E-state index contributed by atoms with van der Waals surface area (Å²) in [6, 6.07) is 2.03. The molecule has 6 heavy (non-hydrogen) atoms. The van der Waals surface area contributed by atoms with Crippen LogP contribution in [0.25, 0.3) is 0 Å². The third kappa shape index (κ3) is 1.78. The second kappa shape index (κ2) is 2.71. The molecule has 0 bridgehead atoms. The van der Waals surface area contributed by atoms with Gasteiger partial charge in [0.15, 0.2) is 0 Å². The molecule has 0 atom stereocenters. The third-order valence-electron chi connectivity index (χ3n) is 0.721. The molecule has 0 rings (SSSR count).